The Morgan fingerprint density at radius 1 is 2.00 bits per heavy atom. The molecule has 0 aromatic carbocycles. The van der Waals surface area contributed by atoms with Gasteiger partial charge in [0.1, 0.15) is 4.24 Å². The molecule has 0 N–H and O–H groups in total. The highest BCUT2D eigenvalue weighted by Gasteiger charge is 1.91. The van der Waals surface area contributed by atoms with Gasteiger partial charge in [0.2, 0.25) is 0 Å². The van der Waals surface area contributed by atoms with Crippen LogP contribution in [-0.2, 0) is 0 Å². The zero-order valence-electron chi connectivity index (χ0n) is 4.20. The molecule has 0 amide bonds. The highest BCUT2D eigenvalue weighted by molar-refractivity contribution is 8.15. The highest BCUT2D eigenvalue weighted by atomic mass is 32.2. The quantitative estimate of drug-likeness (QED) is 0.368. The van der Waals surface area contributed by atoms with Gasteiger partial charge in [0.25, 0.3) is 6.20 Å². The fraction of sp³-hybridized carbons (Fsp3) is 0.333. The molecule has 46 valence electrons. The molecule has 0 aliphatic heterocycles. The number of rotatable bonds is 2. The average Bonchev–Trinajstić information content (AvgIpc) is 1.65. The maximum absolute atomic E-state index is 9.64. The molecule has 0 radical (unpaired) electrons. The summed E-state index contributed by atoms with van der Waals surface area (Å²) in [7, 11) is 0. The van der Waals surface area contributed by atoms with Gasteiger partial charge >= 0.3 is 0 Å². The number of thioether (sulfide) groups is 1. The molecule has 0 bridgehead atoms. The molecule has 0 aliphatic carbocycles. The van der Waals surface area contributed by atoms with E-state index in [1.54, 1.807) is 6.26 Å². The van der Waals surface area contributed by atoms with Crippen LogP contribution in [-0.4, -0.2) is 11.2 Å². The van der Waals surface area contributed by atoms with Crippen LogP contribution in [0.25, 0.3) is 0 Å². The highest BCUT2D eigenvalue weighted by Crippen LogP contribution is 2.13. The summed E-state index contributed by atoms with van der Waals surface area (Å²) in [5, 5.41) is 9.64. The van der Waals surface area contributed by atoms with E-state index in [9.17, 15) is 10.1 Å². The minimum Gasteiger partial charge on any atom is -0.259 e. The first-order valence-electron chi connectivity index (χ1n) is 1.75. The zero-order valence-corrected chi connectivity index (χ0v) is 5.91. The average molecular weight is 151 g/mol. The zero-order chi connectivity index (χ0) is 6.57. The van der Waals surface area contributed by atoms with Crippen molar-refractivity contribution >= 4 is 24.4 Å². The molecule has 0 aromatic rings. The normalized spacial score (nSPS) is 11.5. The van der Waals surface area contributed by atoms with Crippen molar-refractivity contribution in [1.82, 2.24) is 0 Å². The first-order chi connectivity index (χ1) is 3.66. The first-order valence-corrected chi connectivity index (χ1v) is 3.42. The van der Waals surface area contributed by atoms with Crippen LogP contribution in [0.5, 0.6) is 0 Å². The number of thiol groups is 1. The van der Waals surface area contributed by atoms with Crippen molar-refractivity contribution in [3.63, 3.8) is 0 Å². The molecular formula is C3H5NO2S2. The van der Waals surface area contributed by atoms with E-state index in [4.69, 9.17) is 0 Å². The number of hydrogen-bond acceptors (Lipinski definition) is 4. The van der Waals surface area contributed by atoms with E-state index in [2.05, 4.69) is 12.6 Å². The second kappa shape index (κ2) is 3.80. The Kier molecular flexibility index (Phi) is 3.72. The van der Waals surface area contributed by atoms with Crippen LogP contribution in [0.15, 0.2) is 10.4 Å². The largest absolute Gasteiger partial charge is 0.259 e. The molecule has 0 fully saturated rings. The summed E-state index contributed by atoms with van der Waals surface area (Å²) >= 11 is 4.99. The van der Waals surface area contributed by atoms with Crippen LogP contribution in [0.3, 0.4) is 0 Å². The standard InChI is InChI=1S/C3H5NO2S2/c1-8-3(7)2-4(5)6/h2,7H,1H3/b3-2+. The monoisotopic (exact) mass is 151 g/mol. The van der Waals surface area contributed by atoms with Gasteiger partial charge in [-0.3, -0.25) is 10.1 Å². The SMILES string of the molecule is CS/C(S)=C/[N+](=O)[O-]. The Balaban J connectivity index is 3.75. The van der Waals surface area contributed by atoms with Crippen molar-refractivity contribution in [2.45, 2.75) is 0 Å². The predicted octanol–water partition coefficient (Wildman–Crippen LogP) is 1.35. The topological polar surface area (TPSA) is 43.1 Å². The van der Waals surface area contributed by atoms with Gasteiger partial charge in [-0.05, 0) is 6.26 Å². The molecular weight excluding hydrogens is 146 g/mol. The lowest BCUT2D eigenvalue weighted by Gasteiger charge is -1.83. The molecule has 3 nitrogen and oxygen atoms in total. The van der Waals surface area contributed by atoms with Gasteiger partial charge in [0.15, 0.2) is 0 Å². The van der Waals surface area contributed by atoms with E-state index in [0.717, 1.165) is 6.20 Å². The summed E-state index contributed by atoms with van der Waals surface area (Å²) in [6, 6.07) is 0. The molecule has 0 saturated carbocycles. The molecule has 0 saturated heterocycles. The van der Waals surface area contributed by atoms with Crippen molar-refractivity contribution in [3.05, 3.63) is 20.6 Å². The van der Waals surface area contributed by atoms with Crippen LogP contribution < -0.4 is 0 Å². The van der Waals surface area contributed by atoms with Gasteiger partial charge in [-0.2, -0.15) is 0 Å². The van der Waals surface area contributed by atoms with E-state index in [1.807, 2.05) is 0 Å². The molecule has 0 rings (SSSR count). The third-order valence-electron chi connectivity index (χ3n) is 0.425. The summed E-state index contributed by atoms with van der Waals surface area (Å²) in [6.07, 6.45) is 2.58. The first kappa shape index (κ1) is 7.84. The van der Waals surface area contributed by atoms with Crippen LogP contribution in [0.1, 0.15) is 0 Å². The molecule has 0 unspecified atom stereocenters. The fourth-order valence-corrected chi connectivity index (χ4v) is 0.429. The predicted molar refractivity (Wildman–Crippen MR) is 37.6 cm³/mol. The summed E-state index contributed by atoms with van der Waals surface area (Å²) in [6.45, 7) is 0. The third kappa shape index (κ3) is 4.01. The summed E-state index contributed by atoms with van der Waals surface area (Å²) in [5.74, 6) is 0. The smallest absolute Gasteiger partial charge is 0.254 e. The Morgan fingerprint density at radius 3 is 2.62 bits per heavy atom. The molecule has 5 heteroatoms. The number of nitrogens with zero attached hydrogens (tertiary/aromatic N) is 1. The number of nitro groups is 1. The summed E-state index contributed by atoms with van der Waals surface area (Å²) in [5.41, 5.74) is 0. The molecule has 0 aromatic heterocycles. The van der Waals surface area contributed by atoms with Gasteiger partial charge < -0.3 is 0 Å². The third-order valence-corrected chi connectivity index (χ3v) is 1.61. The maximum Gasteiger partial charge on any atom is 0.254 e. The molecule has 0 spiro atoms. The minimum absolute atomic E-state index is 0.412. The molecule has 8 heavy (non-hydrogen) atoms. The van der Waals surface area contributed by atoms with E-state index >= 15 is 0 Å². The van der Waals surface area contributed by atoms with Crippen LogP contribution in [0, 0.1) is 10.1 Å². The second-order valence-corrected chi connectivity index (χ2v) is 2.59. The van der Waals surface area contributed by atoms with Gasteiger partial charge in [0.05, 0.1) is 4.92 Å². The van der Waals surface area contributed by atoms with E-state index in [-0.39, 0.29) is 0 Å². The lowest BCUT2D eigenvalue weighted by atomic mass is 11.1. The lowest BCUT2D eigenvalue weighted by Crippen LogP contribution is -1.82. The van der Waals surface area contributed by atoms with Crippen LogP contribution >= 0.6 is 24.4 Å². The Hall–Kier alpha value is -0.160. The van der Waals surface area contributed by atoms with Crippen LogP contribution in [0.4, 0.5) is 0 Å². The lowest BCUT2D eigenvalue weighted by molar-refractivity contribution is -0.402. The van der Waals surface area contributed by atoms with Crippen LogP contribution in [0.2, 0.25) is 0 Å². The van der Waals surface area contributed by atoms with E-state index in [0.29, 0.717) is 4.24 Å². The maximum atomic E-state index is 9.64. The van der Waals surface area contributed by atoms with Crippen molar-refractivity contribution in [2.75, 3.05) is 6.26 Å². The second-order valence-electron chi connectivity index (χ2n) is 0.957. The molecule has 0 aliphatic rings. The van der Waals surface area contributed by atoms with Crippen molar-refractivity contribution in [2.24, 2.45) is 0 Å². The summed E-state index contributed by atoms with van der Waals surface area (Å²) in [4.78, 5) is 9.11. The van der Waals surface area contributed by atoms with Crippen molar-refractivity contribution in [3.8, 4) is 0 Å². The Morgan fingerprint density at radius 2 is 2.50 bits per heavy atom. The number of hydrogen-bond donors (Lipinski definition) is 1. The minimum atomic E-state index is -0.529. The Bertz CT molecular complexity index is 122. The van der Waals surface area contributed by atoms with E-state index in [1.165, 1.54) is 11.8 Å². The van der Waals surface area contributed by atoms with E-state index < -0.39 is 4.92 Å². The Labute approximate surface area is 56.7 Å². The molecule has 0 heterocycles. The van der Waals surface area contributed by atoms with Gasteiger partial charge in [-0.15, -0.1) is 24.4 Å². The van der Waals surface area contributed by atoms with Gasteiger partial charge in [0, 0.05) is 0 Å². The van der Waals surface area contributed by atoms with Crippen molar-refractivity contribution in [1.29, 1.82) is 0 Å². The van der Waals surface area contributed by atoms with Gasteiger partial charge in [-0.25, -0.2) is 0 Å². The van der Waals surface area contributed by atoms with Crippen molar-refractivity contribution < 1.29 is 4.92 Å². The van der Waals surface area contributed by atoms with Gasteiger partial charge in [-0.1, -0.05) is 0 Å². The fourth-order valence-electron chi connectivity index (χ4n) is 0.143. The summed E-state index contributed by atoms with van der Waals surface area (Å²) < 4.78 is 0.412. The molecule has 0 atom stereocenters.